The van der Waals surface area contributed by atoms with E-state index in [1.54, 1.807) is 16.2 Å². The van der Waals surface area contributed by atoms with Gasteiger partial charge in [0.2, 0.25) is 5.95 Å². The Hall–Kier alpha value is -10.6. The minimum atomic E-state index is -4.69. The van der Waals surface area contributed by atoms with Gasteiger partial charge in [0.05, 0.1) is 91.9 Å². The van der Waals surface area contributed by atoms with Gasteiger partial charge in [-0.3, -0.25) is 44.2 Å². The quantitative estimate of drug-likeness (QED) is 0.0548. The molecule has 5 aliphatic heterocycles. The maximum absolute atomic E-state index is 14.0. The Balaban J connectivity index is 0.000000123. The van der Waals surface area contributed by atoms with Gasteiger partial charge in [0, 0.05) is 80.1 Å². The zero-order valence-electron chi connectivity index (χ0n) is 86.4. The number of alkyl halides is 6. The first-order valence-electron chi connectivity index (χ1n) is 53.3. The summed E-state index contributed by atoms with van der Waals surface area (Å²) >= 11 is 1.68. The van der Waals surface area contributed by atoms with Crippen LogP contribution in [0.5, 0.6) is 0 Å². The Kier molecular flexibility index (Phi) is 29.7. The Morgan fingerprint density at radius 2 is 0.747 bits per heavy atom. The van der Waals surface area contributed by atoms with Crippen LogP contribution in [0.1, 0.15) is 226 Å². The Morgan fingerprint density at radius 1 is 0.377 bits per heavy atom. The highest BCUT2D eigenvalue weighted by molar-refractivity contribution is 7.90. The molecule has 0 bridgehead atoms. The van der Waals surface area contributed by atoms with Crippen LogP contribution in [-0.4, -0.2) is 242 Å². The number of hydrogen-bond acceptors (Lipinski definition) is 16. The van der Waals surface area contributed by atoms with Gasteiger partial charge in [-0.2, -0.15) is 31.3 Å². The molecule has 8 amide bonds. The van der Waals surface area contributed by atoms with E-state index < -0.39 is 43.9 Å². The summed E-state index contributed by atoms with van der Waals surface area (Å²) < 4.78 is 105. The van der Waals surface area contributed by atoms with E-state index in [9.17, 15) is 53.9 Å². The third-order valence-corrected chi connectivity index (χ3v) is 39.0. The van der Waals surface area contributed by atoms with Gasteiger partial charge in [0.1, 0.15) is 11.5 Å². The van der Waals surface area contributed by atoms with Crippen molar-refractivity contribution in [3.8, 4) is 10.6 Å². The predicted molar refractivity (Wildman–Crippen MR) is 564 cm³/mol. The number of pyridine rings is 2. The van der Waals surface area contributed by atoms with Gasteiger partial charge >= 0.3 is 36.5 Å². The molecule has 13 fully saturated rings. The molecule has 5 saturated heterocycles. The molecular formula is C115H145F6N17O6S2. The second kappa shape index (κ2) is 41.7. The SMILES string of the molecule is CN(C)C1(c2ccccc2)CCC2(CC1)CN(c1ccc(-c3ccccn3)s1)C(=O)N2CC1CCC1.CN(C)C1(c2ccccc2)CCC2(CC1)CN(c1ccc(C(F)(F)F)cc1S(C)(=O)=O)C(=O)N2CC1CCC1.CN(C)C1(c2ccccc2)CCC2(CC1)CN(c1ccc(C(F)(F)F)nc1)C(=O)N2CC1CCC1.CN(C)C1(c2ccccc2)CCC2(CC1)CN(c1ccnc(N3CCCC3)n1)C(=O)N2CC1CCC1. The van der Waals surface area contributed by atoms with Crippen molar-refractivity contribution in [2.75, 3.05) is 153 Å². The summed E-state index contributed by atoms with van der Waals surface area (Å²) in [4.78, 5) is 101. The van der Waals surface area contributed by atoms with Crippen LogP contribution >= 0.6 is 11.3 Å². The highest BCUT2D eigenvalue weighted by atomic mass is 32.2. The topological polar surface area (TPSA) is 196 Å². The molecule has 0 unspecified atom stereocenters. The van der Waals surface area contributed by atoms with E-state index in [0.717, 1.165) is 220 Å². The molecular weight excluding hydrogens is 1890 g/mol. The Labute approximate surface area is 862 Å². The lowest BCUT2D eigenvalue weighted by Crippen LogP contribution is -2.56. The summed E-state index contributed by atoms with van der Waals surface area (Å²) in [7, 11) is 13.2. The van der Waals surface area contributed by atoms with Crippen molar-refractivity contribution < 1.29 is 53.9 Å². The molecule has 0 atom stereocenters. The molecule has 9 aromatic rings. The average molecular weight is 2040 g/mol. The lowest BCUT2D eigenvalue weighted by molar-refractivity contribution is -0.141. The van der Waals surface area contributed by atoms with Crippen LogP contribution in [0.4, 0.5) is 73.7 Å². The van der Waals surface area contributed by atoms with Crippen LogP contribution in [0.25, 0.3) is 10.6 Å². The number of rotatable bonds is 23. The molecule has 780 valence electrons. The standard InChI is InChI=1S/C30H36N4OS.C29H36F3N3O3S.C29H40N6O.C27H33F3N4O/c1-32(2)30(24-11-4-3-5-12-24)18-16-29(17-19-30)22-33(28(35)34(29)21-23-9-8-10-23)27-15-14-26(36-27)25-13-6-7-20-31-25;1-33(2)28(22-10-5-4-6-11-22)16-14-27(15-17-28)20-34(26(36)35(27)19-21-8-7-9-21)24-13-12-23(29(30,31)32)18-25(24)39(3,37)38;1-32(2)29(24-11-4-3-5-12-24)16-14-28(15-17-29)22-34(27(36)35(28)21-23-9-8-10-23)25-13-18-30-26(31-25)33-19-6-7-20-33;1-32(2)26(21-9-4-3-5-10-21)15-13-25(14-16-26)19-33(24(35)34(25)18-20-7-6-8-20)22-11-12-23(31-17-22)27(28,29)30/h3-7,11-15,20,23H,8-10,16-19,21-22H2,1-2H3;4-6,10-13,18,21H,7-9,14-17,19-20H2,1-3H3;3-5,11-13,18,23H,6-10,14-17,19-22H2,1-2H3;3-5,9-12,17,20H,6-8,13-16,18-19H2,1-2H3. The van der Waals surface area contributed by atoms with Crippen LogP contribution in [0.3, 0.4) is 0 Å². The summed E-state index contributed by atoms with van der Waals surface area (Å²) in [6, 6.07) is 59.9. The molecule has 31 heteroatoms. The molecule has 8 saturated carbocycles. The number of anilines is 5. The van der Waals surface area contributed by atoms with E-state index in [1.165, 1.54) is 97.2 Å². The fraction of sp³-hybridized carbons (Fsp3) is 0.548. The fourth-order valence-corrected chi connectivity index (χ4v) is 28.4. The maximum atomic E-state index is 14.0. The maximum Gasteiger partial charge on any atom is 0.433 e. The zero-order valence-corrected chi connectivity index (χ0v) is 88.0. The number of benzene rings is 5. The third-order valence-electron chi connectivity index (χ3n) is 36.7. The molecule has 23 nitrogen and oxygen atoms in total. The van der Waals surface area contributed by atoms with Gasteiger partial charge in [0.25, 0.3) is 0 Å². The lowest BCUT2D eigenvalue weighted by Gasteiger charge is -2.51. The normalized spacial score (nSPS) is 27.4. The minimum Gasteiger partial charge on any atom is -0.341 e. The Morgan fingerprint density at radius 3 is 1.10 bits per heavy atom. The van der Waals surface area contributed by atoms with Crippen molar-refractivity contribution in [2.24, 2.45) is 23.7 Å². The number of halogens is 6. The molecule has 4 spiro atoms. The van der Waals surface area contributed by atoms with E-state index >= 15 is 0 Å². The first-order valence-corrected chi connectivity index (χ1v) is 56.0. The molecule has 4 aromatic heterocycles. The van der Waals surface area contributed by atoms with Crippen molar-refractivity contribution in [2.45, 2.75) is 254 Å². The van der Waals surface area contributed by atoms with E-state index in [1.807, 2.05) is 70.7 Å². The monoisotopic (exact) mass is 2040 g/mol. The molecule has 8 aliphatic carbocycles. The van der Waals surface area contributed by atoms with E-state index in [-0.39, 0.29) is 75.1 Å². The second-order valence-corrected chi connectivity index (χ2v) is 48.3. The van der Waals surface area contributed by atoms with Crippen molar-refractivity contribution in [3.05, 3.63) is 240 Å². The van der Waals surface area contributed by atoms with Crippen LogP contribution in [-0.2, 0) is 44.3 Å². The number of carbonyl (C=O) groups excluding carboxylic acids is 4. The van der Waals surface area contributed by atoms with Crippen molar-refractivity contribution in [1.82, 2.24) is 59.1 Å². The molecule has 5 aromatic carbocycles. The van der Waals surface area contributed by atoms with Gasteiger partial charge in [-0.25, -0.2) is 37.6 Å². The summed E-state index contributed by atoms with van der Waals surface area (Å²) in [5, 5.41) is 1.05. The largest absolute Gasteiger partial charge is 0.433 e. The van der Waals surface area contributed by atoms with Gasteiger partial charge in [0.15, 0.2) is 9.84 Å². The highest BCUT2D eigenvalue weighted by Gasteiger charge is 2.62. The number of carbonyl (C=O) groups is 4. The summed E-state index contributed by atoms with van der Waals surface area (Å²) in [6.45, 7) is 7.38. The number of sulfone groups is 1. The van der Waals surface area contributed by atoms with Crippen LogP contribution in [0.2, 0.25) is 0 Å². The van der Waals surface area contributed by atoms with E-state index in [0.29, 0.717) is 61.4 Å². The summed E-state index contributed by atoms with van der Waals surface area (Å²) in [6.07, 6.45) is 28.1. The van der Waals surface area contributed by atoms with Gasteiger partial charge < -0.3 is 24.5 Å². The summed E-state index contributed by atoms with van der Waals surface area (Å²) in [5.74, 6) is 3.74. The predicted octanol–water partition coefficient (Wildman–Crippen LogP) is 23.3. The first-order chi connectivity index (χ1) is 69.9. The van der Waals surface area contributed by atoms with Crippen LogP contribution in [0, 0.1) is 23.7 Å². The second-order valence-electron chi connectivity index (χ2n) is 45.3. The highest BCUT2D eigenvalue weighted by Crippen LogP contribution is 2.58. The van der Waals surface area contributed by atoms with Gasteiger partial charge in [-0.05, 0) is 330 Å². The number of amides is 8. The minimum absolute atomic E-state index is 0.0168. The van der Waals surface area contributed by atoms with Crippen molar-refractivity contribution in [1.29, 1.82) is 0 Å². The van der Waals surface area contributed by atoms with E-state index in [2.05, 4.69) is 225 Å². The molecule has 146 heavy (non-hydrogen) atoms. The van der Waals surface area contributed by atoms with E-state index in [4.69, 9.17) is 4.98 Å². The number of nitrogens with zero attached hydrogens (tertiary/aromatic N) is 17. The third kappa shape index (κ3) is 20.2. The molecule has 0 radical (unpaired) electrons. The molecule has 9 heterocycles. The molecule has 0 N–H and O–H groups in total. The Bertz CT molecular complexity index is 6130. The van der Waals surface area contributed by atoms with Crippen molar-refractivity contribution in [3.63, 3.8) is 0 Å². The smallest absolute Gasteiger partial charge is 0.341 e. The van der Waals surface area contributed by atoms with Gasteiger partial charge in [-0.15, -0.1) is 11.3 Å². The number of thiophene rings is 1. The molecule has 22 rings (SSSR count). The first kappa shape index (κ1) is 104. The number of hydrogen-bond donors (Lipinski definition) is 0. The molecule has 13 aliphatic rings. The number of aromatic nitrogens is 4. The van der Waals surface area contributed by atoms with Crippen LogP contribution < -0.4 is 24.5 Å². The summed E-state index contributed by atoms with van der Waals surface area (Å²) in [5.41, 5.74) is 3.46. The van der Waals surface area contributed by atoms with Crippen LogP contribution in [0.15, 0.2) is 212 Å². The lowest BCUT2D eigenvalue weighted by atomic mass is 9.68. The fourth-order valence-electron chi connectivity index (χ4n) is 26.5. The van der Waals surface area contributed by atoms with Crippen molar-refractivity contribution >= 4 is 73.4 Å². The average Bonchev–Trinajstić information content (AvgIpc) is 1.59. The number of urea groups is 4. The van der Waals surface area contributed by atoms with Gasteiger partial charge in [-0.1, -0.05) is 153 Å². The zero-order chi connectivity index (χ0) is 103.